The van der Waals surface area contributed by atoms with Crippen LogP contribution in [0.3, 0.4) is 0 Å². The Balaban J connectivity index is 2.18. The SMILES string of the molecule is COc1ccc(CC(=O)c2cccc(C)c2O)cc1. The van der Waals surface area contributed by atoms with Crippen LogP contribution in [0.5, 0.6) is 11.5 Å². The maximum absolute atomic E-state index is 12.2. The fourth-order valence-corrected chi connectivity index (χ4v) is 1.91. The van der Waals surface area contributed by atoms with Gasteiger partial charge in [-0.2, -0.15) is 0 Å². The Labute approximate surface area is 112 Å². The van der Waals surface area contributed by atoms with Crippen LogP contribution in [0.4, 0.5) is 0 Å². The summed E-state index contributed by atoms with van der Waals surface area (Å²) in [6.07, 6.45) is 0.265. The average molecular weight is 256 g/mol. The molecule has 2 aromatic rings. The normalized spacial score (nSPS) is 10.2. The summed E-state index contributed by atoms with van der Waals surface area (Å²) < 4.78 is 5.07. The Morgan fingerprint density at radius 3 is 2.47 bits per heavy atom. The van der Waals surface area contributed by atoms with Crippen LogP contribution >= 0.6 is 0 Å². The molecule has 98 valence electrons. The van der Waals surface area contributed by atoms with E-state index in [4.69, 9.17) is 4.74 Å². The molecule has 19 heavy (non-hydrogen) atoms. The number of carbonyl (C=O) groups is 1. The number of ketones is 1. The lowest BCUT2D eigenvalue weighted by Gasteiger charge is -2.07. The number of methoxy groups -OCH3 is 1. The monoisotopic (exact) mass is 256 g/mol. The lowest BCUT2D eigenvalue weighted by Crippen LogP contribution is -2.04. The lowest BCUT2D eigenvalue weighted by atomic mass is 10.0. The molecular formula is C16H16O3. The predicted molar refractivity (Wildman–Crippen MR) is 73.9 cm³/mol. The Morgan fingerprint density at radius 2 is 1.84 bits per heavy atom. The predicted octanol–water partition coefficient (Wildman–Crippen LogP) is 3.13. The standard InChI is InChI=1S/C16H16O3/c1-11-4-3-5-14(16(11)18)15(17)10-12-6-8-13(19-2)9-7-12/h3-9,18H,10H2,1-2H3. The molecule has 0 atom stereocenters. The quantitative estimate of drug-likeness (QED) is 0.855. The van der Waals surface area contributed by atoms with E-state index in [1.807, 2.05) is 24.3 Å². The van der Waals surface area contributed by atoms with Gasteiger partial charge in [-0.3, -0.25) is 4.79 Å². The second kappa shape index (κ2) is 5.57. The van der Waals surface area contributed by atoms with Gasteiger partial charge in [0, 0.05) is 6.42 Å². The first-order valence-corrected chi connectivity index (χ1v) is 6.06. The summed E-state index contributed by atoms with van der Waals surface area (Å²) in [5, 5.41) is 9.89. The van der Waals surface area contributed by atoms with Gasteiger partial charge in [0.2, 0.25) is 0 Å². The van der Waals surface area contributed by atoms with E-state index in [9.17, 15) is 9.90 Å². The van der Waals surface area contributed by atoms with Crippen molar-refractivity contribution < 1.29 is 14.6 Å². The molecule has 0 heterocycles. The molecule has 1 N–H and O–H groups in total. The van der Waals surface area contributed by atoms with E-state index < -0.39 is 0 Å². The van der Waals surface area contributed by atoms with Crippen LogP contribution in [0.25, 0.3) is 0 Å². The maximum Gasteiger partial charge on any atom is 0.170 e. The van der Waals surface area contributed by atoms with Crippen LogP contribution in [-0.4, -0.2) is 18.0 Å². The number of carbonyl (C=O) groups excluding carboxylic acids is 1. The van der Waals surface area contributed by atoms with E-state index in [1.54, 1.807) is 32.2 Å². The van der Waals surface area contributed by atoms with E-state index in [0.29, 0.717) is 11.1 Å². The summed E-state index contributed by atoms with van der Waals surface area (Å²) in [6, 6.07) is 12.5. The fourth-order valence-electron chi connectivity index (χ4n) is 1.91. The van der Waals surface area contributed by atoms with Crippen LogP contribution in [0.2, 0.25) is 0 Å². The molecule has 0 aromatic heterocycles. The maximum atomic E-state index is 12.2. The highest BCUT2D eigenvalue weighted by molar-refractivity contribution is 6.00. The van der Waals surface area contributed by atoms with Gasteiger partial charge in [-0.05, 0) is 36.2 Å². The summed E-state index contributed by atoms with van der Waals surface area (Å²) in [5.74, 6) is 0.738. The zero-order valence-corrected chi connectivity index (χ0v) is 11.0. The van der Waals surface area contributed by atoms with Gasteiger partial charge in [-0.1, -0.05) is 24.3 Å². The second-order valence-electron chi connectivity index (χ2n) is 4.42. The van der Waals surface area contributed by atoms with Crippen molar-refractivity contribution in [2.75, 3.05) is 7.11 Å². The minimum absolute atomic E-state index is 0.0704. The number of para-hydroxylation sites is 1. The first-order chi connectivity index (χ1) is 9.11. The molecule has 0 bridgehead atoms. The molecule has 0 spiro atoms. The summed E-state index contributed by atoms with van der Waals surface area (Å²) in [4.78, 5) is 12.2. The van der Waals surface area contributed by atoms with Crippen molar-refractivity contribution in [1.29, 1.82) is 0 Å². The van der Waals surface area contributed by atoms with Gasteiger partial charge in [0.25, 0.3) is 0 Å². The number of rotatable bonds is 4. The largest absolute Gasteiger partial charge is 0.507 e. The van der Waals surface area contributed by atoms with Crippen LogP contribution in [0.1, 0.15) is 21.5 Å². The van der Waals surface area contributed by atoms with Gasteiger partial charge in [0.05, 0.1) is 12.7 Å². The van der Waals surface area contributed by atoms with E-state index in [1.165, 1.54) is 0 Å². The second-order valence-corrected chi connectivity index (χ2v) is 4.42. The molecule has 0 radical (unpaired) electrons. The topological polar surface area (TPSA) is 46.5 Å². The number of phenolic OH excluding ortho intramolecular Hbond substituents is 1. The van der Waals surface area contributed by atoms with Gasteiger partial charge in [0.1, 0.15) is 11.5 Å². The average Bonchev–Trinajstić information content (AvgIpc) is 2.42. The minimum atomic E-state index is -0.0913. The van der Waals surface area contributed by atoms with Crippen molar-refractivity contribution in [3.63, 3.8) is 0 Å². The number of hydrogen-bond acceptors (Lipinski definition) is 3. The highest BCUT2D eigenvalue weighted by Gasteiger charge is 2.13. The molecule has 0 saturated carbocycles. The zero-order chi connectivity index (χ0) is 13.8. The van der Waals surface area contributed by atoms with Gasteiger partial charge < -0.3 is 9.84 Å². The van der Waals surface area contributed by atoms with E-state index in [-0.39, 0.29) is 18.0 Å². The molecule has 2 aromatic carbocycles. The molecule has 3 heteroatoms. The number of ether oxygens (including phenoxy) is 1. The molecule has 0 unspecified atom stereocenters. The molecule has 3 nitrogen and oxygen atoms in total. The number of benzene rings is 2. The Bertz CT molecular complexity index is 585. The minimum Gasteiger partial charge on any atom is -0.507 e. The van der Waals surface area contributed by atoms with Crippen molar-refractivity contribution >= 4 is 5.78 Å². The van der Waals surface area contributed by atoms with Crippen LogP contribution in [0.15, 0.2) is 42.5 Å². The zero-order valence-electron chi connectivity index (χ0n) is 11.0. The Kier molecular flexibility index (Phi) is 3.85. The third-order valence-electron chi connectivity index (χ3n) is 3.06. The smallest absolute Gasteiger partial charge is 0.170 e. The Hall–Kier alpha value is -2.29. The fraction of sp³-hybridized carbons (Fsp3) is 0.188. The third kappa shape index (κ3) is 2.94. The third-order valence-corrected chi connectivity index (χ3v) is 3.06. The van der Waals surface area contributed by atoms with Gasteiger partial charge >= 0.3 is 0 Å². The van der Waals surface area contributed by atoms with E-state index >= 15 is 0 Å². The molecule has 0 fully saturated rings. The van der Waals surface area contributed by atoms with Gasteiger partial charge in [0.15, 0.2) is 5.78 Å². The number of phenols is 1. The number of hydrogen-bond donors (Lipinski definition) is 1. The van der Waals surface area contributed by atoms with Crippen molar-refractivity contribution in [3.05, 3.63) is 59.2 Å². The highest BCUT2D eigenvalue weighted by Crippen LogP contribution is 2.23. The highest BCUT2D eigenvalue weighted by atomic mass is 16.5. The lowest BCUT2D eigenvalue weighted by molar-refractivity contribution is 0.0990. The first-order valence-electron chi connectivity index (χ1n) is 6.06. The van der Waals surface area contributed by atoms with Crippen LogP contribution in [-0.2, 0) is 6.42 Å². The van der Waals surface area contributed by atoms with Crippen molar-refractivity contribution in [2.45, 2.75) is 13.3 Å². The molecule has 2 rings (SSSR count). The summed E-state index contributed by atoms with van der Waals surface area (Å²) in [7, 11) is 1.60. The Morgan fingerprint density at radius 1 is 1.16 bits per heavy atom. The molecule has 0 aliphatic carbocycles. The van der Waals surface area contributed by atoms with Crippen molar-refractivity contribution in [2.24, 2.45) is 0 Å². The van der Waals surface area contributed by atoms with Crippen molar-refractivity contribution in [3.8, 4) is 11.5 Å². The van der Waals surface area contributed by atoms with Gasteiger partial charge in [-0.25, -0.2) is 0 Å². The van der Waals surface area contributed by atoms with Gasteiger partial charge in [-0.15, -0.1) is 0 Å². The molecular weight excluding hydrogens is 240 g/mol. The molecule has 0 saturated heterocycles. The van der Waals surface area contributed by atoms with E-state index in [0.717, 1.165) is 11.3 Å². The summed E-state index contributed by atoms with van der Waals surface area (Å²) in [6.45, 7) is 1.78. The van der Waals surface area contributed by atoms with Crippen LogP contribution in [0, 0.1) is 6.92 Å². The molecule has 0 aliphatic rings. The summed E-state index contributed by atoms with van der Waals surface area (Å²) in [5.41, 5.74) is 1.98. The van der Waals surface area contributed by atoms with Crippen molar-refractivity contribution in [1.82, 2.24) is 0 Å². The number of aromatic hydroxyl groups is 1. The molecule has 0 aliphatic heterocycles. The molecule has 0 amide bonds. The first kappa shape index (κ1) is 13.1. The number of Topliss-reactive ketones (excluding diaryl/α,β-unsaturated/α-hetero) is 1. The van der Waals surface area contributed by atoms with E-state index in [2.05, 4.69) is 0 Å². The van der Waals surface area contributed by atoms with Crippen LogP contribution < -0.4 is 4.74 Å². The summed E-state index contributed by atoms with van der Waals surface area (Å²) >= 11 is 0. The number of aryl methyl sites for hydroxylation is 1.